The summed E-state index contributed by atoms with van der Waals surface area (Å²) >= 11 is 1.44. The van der Waals surface area contributed by atoms with Gasteiger partial charge in [-0.15, -0.1) is 15.3 Å². The van der Waals surface area contributed by atoms with E-state index in [0.717, 1.165) is 27.5 Å². The topological polar surface area (TPSA) is 92.2 Å². The van der Waals surface area contributed by atoms with Gasteiger partial charge in [0.25, 0.3) is 0 Å². The summed E-state index contributed by atoms with van der Waals surface area (Å²) in [5.74, 6) is 2.16. The first-order valence-corrected chi connectivity index (χ1v) is 9.54. The zero-order valence-electron chi connectivity index (χ0n) is 14.5. The number of benzene rings is 2. The second-order valence-electron chi connectivity index (χ2n) is 6.35. The lowest BCUT2D eigenvalue weighted by Gasteiger charge is -2.24. The summed E-state index contributed by atoms with van der Waals surface area (Å²) in [6.07, 6.45) is -0.276. The van der Waals surface area contributed by atoms with Crippen LogP contribution in [0.15, 0.2) is 48.5 Å². The summed E-state index contributed by atoms with van der Waals surface area (Å²) in [6, 6.07) is 15.4. The normalized spacial score (nSPS) is 16.1. The molecule has 5 aromatic rings. The molecule has 0 bridgehead atoms. The van der Waals surface area contributed by atoms with E-state index in [4.69, 9.17) is 9.47 Å². The lowest BCUT2D eigenvalue weighted by atomic mass is 10.3. The van der Waals surface area contributed by atoms with Crippen molar-refractivity contribution in [3.63, 3.8) is 0 Å². The second-order valence-corrected chi connectivity index (χ2v) is 7.34. The van der Waals surface area contributed by atoms with Crippen molar-refractivity contribution in [2.45, 2.75) is 12.6 Å². The highest BCUT2D eigenvalue weighted by Gasteiger charge is 2.27. The van der Waals surface area contributed by atoms with Crippen molar-refractivity contribution in [2.24, 2.45) is 0 Å². The molecule has 0 aliphatic carbocycles. The number of rotatable bonds is 3. The van der Waals surface area contributed by atoms with Crippen LogP contribution in [-0.4, -0.2) is 41.4 Å². The molecule has 0 spiro atoms. The molecule has 1 aliphatic rings. The van der Waals surface area contributed by atoms with E-state index in [0.29, 0.717) is 23.9 Å². The molecule has 4 heterocycles. The summed E-state index contributed by atoms with van der Waals surface area (Å²) in [6.45, 7) is 0.833. The Bertz CT molecular complexity index is 1310. The Labute approximate surface area is 162 Å². The van der Waals surface area contributed by atoms with E-state index in [-0.39, 0.29) is 6.10 Å². The van der Waals surface area contributed by atoms with Gasteiger partial charge < -0.3 is 9.47 Å². The lowest BCUT2D eigenvalue weighted by molar-refractivity contribution is 0.0904. The molecule has 138 valence electrons. The van der Waals surface area contributed by atoms with Crippen LogP contribution < -0.4 is 9.47 Å². The minimum absolute atomic E-state index is 0.276. The minimum atomic E-state index is -0.276. The number of hydrogen-bond acceptors (Lipinski definition) is 8. The van der Waals surface area contributed by atoms with Gasteiger partial charge in [0.05, 0.1) is 5.52 Å². The monoisotopic (exact) mass is 391 g/mol. The van der Waals surface area contributed by atoms with E-state index in [1.165, 1.54) is 11.3 Å². The average Bonchev–Trinajstić information content (AvgIpc) is 3.44. The van der Waals surface area contributed by atoms with E-state index >= 15 is 0 Å². The van der Waals surface area contributed by atoms with Crippen LogP contribution in [0.3, 0.4) is 0 Å². The third kappa shape index (κ3) is 2.42. The predicted octanol–water partition coefficient (Wildman–Crippen LogP) is 2.49. The van der Waals surface area contributed by atoms with Crippen molar-refractivity contribution in [1.82, 2.24) is 34.8 Å². The first-order chi connectivity index (χ1) is 13.8. The van der Waals surface area contributed by atoms with E-state index in [1.807, 2.05) is 48.5 Å². The van der Waals surface area contributed by atoms with Crippen molar-refractivity contribution in [3.05, 3.63) is 59.4 Å². The molecule has 1 atom stereocenters. The summed E-state index contributed by atoms with van der Waals surface area (Å²) in [4.78, 5) is 0.705. The predicted molar refractivity (Wildman–Crippen MR) is 101 cm³/mol. The van der Waals surface area contributed by atoms with Gasteiger partial charge in [-0.3, -0.25) is 0 Å². The molecule has 0 fully saturated rings. The zero-order chi connectivity index (χ0) is 18.5. The van der Waals surface area contributed by atoms with Gasteiger partial charge in [0.15, 0.2) is 28.4 Å². The fourth-order valence-electron chi connectivity index (χ4n) is 3.21. The summed E-state index contributed by atoms with van der Waals surface area (Å²) < 4.78 is 15.4. The molecule has 1 aliphatic heterocycles. The fourth-order valence-corrected chi connectivity index (χ4v) is 4.08. The lowest BCUT2D eigenvalue weighted by Crippen LogP contribution is -2.21. The van der Waals surface area contributed by atoms with E-state index in [1.54, 1.807) is 9.20 Å². The SMILES string of the molecule is c1ccc2c(c1)OC[C@H](c1nn3c(Cn4nnc5ccccc54)nnc3s1)O2. The standard InChI is InChI=1S/C18H13N7O2S/c1-2-6-12-11(5-1)19-23-24(12)9-16-20-21-18-25(16)22-17(28-18)15-10-26-13-7-3-4-8-14(13)27-15/h1-8,15H,9-10H2/t15-/m1/s1. The van der Waals surface area contributed by atoms with Crippen LogP contribution in [0.4, 0.5) is 0 Å². The molecule has 0 saturated heterocycles. The van der Waals surface area contributed by atoms with Gasteiger partial charge in [0.2, 0.25) is 4.96 Å². The Balaban J connectivity index is 1.32. The minimum Gasteiger partial charge on any atom is -0.485 e. The van der Waals surface area contributed by atoms with E-state index < -0.39 is 0 Å². The zero-order valence-corrected chi connectivity index (χ0v) is 15.3. The molecule has 0 radical (unpaired) electrons. The van der Waals surface area contributed by atoms with Crippen molar-refractivity contribution in [2.75, 3.05) is 6.61 Å². The van der Waals surface area contributed by atoms with Crippen LogP contribution in [0.1, 0.15) is 16.9 Å². The van der Waals surface area contributed by atoms with Gasteiger partial charge in [0, 0.05) is 0 Å². The molecular weight excluding hydrogens is 378 g/mol. The number of nitrogens with zero attached hydrogens (tertiary/aromatic N) is 7. The fraction of sp³-hybridized carbons (Fsp3) is 0.167. The van der Waals surface area contributed by atoms with Crippen molar-refractivity contribution in [3.8, 4) is 11.5 Å². The van der Waals surface area contributed by atoms with Crippen LogP contribution in [0.5, 0.6) is 11.5 Å². The van der Waals surface area contributed by atoms with Gasteiger partial charge >= 0.3 is 0 Å². The van der Waals surface area contributed by atoms with Crippen LogP contribution in [0, 0.1) is 0 Å². The molecule has 0 saturated carbocycles. The van der Waals surface area contributed by atoms with Gasteiger partial charge in [0.1, 0.15) is 18.7 Å². The van der Waals surface area contributed by atoms with Gasteiger partial charge in [-0.25, -0.2) is 4.68 Å². The highest BCUT2D eigenvalue weighted by atomic mass is 32.1. The molecule has 10 heteroatoms. The molecule has 0 amide bonds. The van der Waals surface area contributed by atoms with Crippen LogP contribution in [-0.2, 0) is 6.54 Å². The third-order valence-corrected chi connectivity index (χ3v) is 5.56. The Morgan fingerprint density at radius 1 is 1.00 bits per heavy atom. The molecule has 9 nitrogen and oxygen atoms in total. The van der Waals surface area contributed by atoms with E-state index in [9.17, 15) is 0 Å². The van der Waals surface area contributed by atoms with Crippen molar-refractivity contribution >= 4 is 27.3 Å². The number of aromatic nitrogens is 7. The molecule has 3 aromatic heterocycles. The highest BCUT2D eigenvalue weighted by Crippen LogP contribution is 2.36. The number of ether oxygens (including phenoxy) is 2. The molecule has 0 unspecified atom stereocenters. The largest absolute Gasteiger partial charge is 0.485 e. The third-order valence-electron chi connectivity index (χ3n) is 4.57. The number of hydrogen-bond donors (Lipinski definition) is 0. The number of fused-ring (bicyclic) bond motifs is 3. The van der Waals surface area contributed by atoms with Crippen molar-refractivity contribution < 1.29 is 9.47 Å². The first-order valence-electron chi connectivity index (χ1n) is 8.73. The second kappa shape index (κ2) is 5.99. The highest BCUT2D eigenvalue weighted by molar-refractivity contribution is 7.16. The Morgan fingerprint density at radius 2 is 1.86 bits per heavy atom. The first kappa shape index (κ1) is 15.5. The van der Waals surface area contributed by atoms with Crippen LogP contribution in [0.25, 0.3) is 16.0 Å². The van der Waals surface area contributed by atoms with Gasteiger partial charge in [-0.2, -0.15) is 9.61 Å². The van der Waals surface area contributed by atoms with Crippen molar-refractivity contribution in [1.29, 1.82) is 0 Å². The Kier molecular flexibility index (Phi) is 3.32. The Hall–Kier alpha value is -3.53. The van der Waals surface area contributed by atoms with E-state index in [2.05, 4.69) is 25.6 Å². The average molecular weight is 391 g/mol. The summed E-state index contributed by atoms with van der Waals surface area (Å²) in [5.41, 5.74) is 1.78. The molecule has 28 heavy (non-hydrogen) atoms. The summed E-state index contributed by atoms with van der Waals surface area (Å²) in [7, 11) is 0. The molecule has 2 aromatic carbocycles. The smallest absolute Gasteiger partial charge is 0.234 e. The van der Waals surface area contributed by atoms with Gasteiger partial charge in [-0.05, 0) is 24.3 Å². The maximum absolute atomic E-state index is 6.05. The van der Waals surface area contributed by atoms with Crippen LogP contribution in [0.2, 0.25) is 0 Å². The number of para-hydroxylation sites is 3. The summed E-state index contributed by atoms with van der Waals surface area (Å²) in [5, 5.41) is 22.4. The molecule has 0 N–H and O–H groups in total. The van der Waals surface area contributed by atoms with Gasteiger partial charge in [-0.1, -0.05) is 40.8 Å². The molecule has 6 rings (SSSR count). The maximum atomic E-state index is 6.05. The Morgan fingerprint density at radius 3 is 2.82 bits per heavy atom. The maximum Gasteiger partial charge on any atom is 0.234 e. The van der Waals surface area contributed by atoms with Crippen LogP contribution >= 0.6 is 11.3 Å². The molecular formula is C18H13N7O2S. The quantitative estimate of drug-likeness (QED) is 0.466.